The molecular weight excluding hydrogens is 274 g/mol. The number of aliphatic carboxylic acids is 1. The van der Waals surface area contributed by atoms with E-state index >= 15 is 0 Å². The topological polar surface area (TPSA) is 66.4 Å². The highest BCUT2D eigenvalue weighted by molar-refractivity contribution is 7.99. The van der Waals surface area contributed by atoms with Gasteiger partial charge in [-0.1, -0.05) is 30.3 Å². The Bertz CT molecular complexity index is 422. The van der Waals surface area contributed by atoms with Gasteiger partial charge in [0.2, 0.25) is 5.91 Å². The summed E-state index contributed by atoms with van der Waals surface area (Å²) in [6, 6.07) is 9.53. The zero-order chi connectivity index (χ0) is 14.8. The molecule has 110 valence electrons. The first-order valence-corrected chi connectivity index (χ1v) is 7.86. The summed E-state index contributed by atoms with van der Waals surface area (Å²) in [7, 11) is 0. The van der Waals surface area contributed by atoms with Gasteiger partial charge in [0, 0.05) is 12.7 Å². The third kappa shape index (κ3) is 7.19. The van der Waals surface area contributed by atoms with Crippen LogP contribution in [0.1, 0.15) is 25.3 Å². The molecule has 0 unspecified atom stereocenters. The standard InChI is InChI=1S/C15H21NO3S/c1-12(17)16-14(15(18)19)11-20-10-6-5-9-13-7-3-2-4-8-13/h2-4,7-8,14H,5-6,9-11H2,1H3,(H,16,17)(H,18,19)/t14-/m0/s1. The Morgan fingerprint density at radius 1 is 1.25 bits per heavy atom. The second-order valence-electron chi connectivity index (χ2n) is 4.61. The molecule has 0 saturated carbocycles. The Morgan fingerprint density at radius 2 is 1.95 bits per heavy atom. The van der Waals surface area contributed by atoms with Crippen LogP contribution >= 0.6 is 11.8 Å². The molecule has 1 rings (SSSR count). The smallest absolute Gasteiger partial charge is 0.327 e. The third-order valence-electron chi connectivity index (χ3n) is 2.81. The molecule has 0 fully saturated rings. The second-order valence-corrected chi connectivity index (χ2v) is 5.76. The molecule has 0 heterocycles. The zero-order valence-corrected chi connectivity index (χ0v) is 12.5. The molecule has 0 saturated heterocycles. The van der Waals surface area contributed by atoms with E-state index in [-0.39, 0.29) is 5.91 Å². The minimum atomic E-state index is -0.975. The summed E-state index contributed by atoms with van der Waals surface area (Å²) in [4.78, 5) is 21.8. The lowest BCUT2D eigenvalue weighted by atomic mass is 10.1. The molecule has 4 nitrogen and oxygen atoms in total. The molecule has 0 aliphatic rings. The van der Waals surface area contributed by atoms with Gasteiger partial charge >= 0.3 is 5.97 Å². The van der Waals surface area contributed by atoms with E-state index in [0.717, 1.165) is 25.0 Å². The van der Waals surface area contributed by atoms with E-state index in [1.807, 2.05) is 18.2 Å². The highest BCUT2D eigenvalue weighted by Crippen LogP contribution is 2.10. The first-order chi connectivity index (χ1) is 9.59. The summed E-state index contributed by atoms with van der Waals surface area (Å²) in [5, 5.41) is 11.4. The average molecular weight is 295 g/mol. The van der Waals surface area contributed by atoms with Crippen LogP contribution in [0.2, 0.25) is 0 Å². The monoisotopic (exact) mass is 295 g/mol. The third-order valence-corrected chi connectivity index (χ3v) is 3.95. The van der Waals surface area contributed by atoms with E-state index in [0.29, 0.717) is 5.75 Å². The molecule has 1 aromatic carbocycles. The van der Waals surface area contributed by atoms with Crippen LogP contribution in [0.25, 0.3) is 0 Å². The first-order valence-electron chi connectivity index (χ1n) is 6.71. The van der Waals surface area contributed by atoms with Crippen LogP contribution in [0, 0.1) is 0 Å². The number of carboxylic acids is 1. The number of amides is 1. The van der Waals surface area contributed by atoms with Gasteiger partial charge in [-0.25, -0.2) is 4.79 Å². The van der Waals surface area contributed by atoms with Crippen LogP contribution in [0.5, 0.6) is 0 Å². The van der Waals surface area contributed by atoms with E-state index in [4.69, 9.17) is 5.11 Å². The number of carbonyl (C=O) groups is 2. The van der Waals surface area contributed by atoms with Crippen LogP contribution < -0.4 is 5.32 Å². The van der Waals surface area contributed by atoms with Crippen molar-refractivity contribution < 1.29 is 14.7 Å². The number of nitrogens with one attached hydrogen (secondary N) is 1. The van der Waals surface area contributed by atoms with Crippen molar-refractivity contribution >= 4 is 23.6 Å². The molecule has 0 aliphatic heterocycles. The van der Waals surface area contributed by atoms with Crippen molar-refractivity contribution in [3.63, 3.8) is 0 Å². The van der Waals surface area contributed by atoms with Crippen LogP contribution in [-0.4, -0.2) is 34.5 Å². The van der Waals surface area contributed by atoms with Gasteiger partial charge in [-0.05, 0) is 30.6 Å². The highest BCUT2D eigenvalue weighted by Gasteiger charge is 2.17. The largest absolute Gasteiger partial charge is 0.480 e. The highest BCUT2D eigenvalue weighted by atomic mass is 32.2. The molecule has 0 aliphatic carbocycles. The predicted molar refractivity (Wildman–Crippen MR) is 81.9 cm³/mol. The summed E-state index contributed by atoms with van der Waals surface area (Å²) < 4.78 is 0. The Hall–Kier alpha value is -1.49. The normalized spacial score (nSPS) is 11.8. The van der Waals surface area contributed by atoms with Crippen molar-refractivity contribution in [3.05, 3.63) is 35.9 Å². The van der Waals surface area contributed by atoms with Crippen molar-refractivity contribution in [1.82, 2.24) is 5.32 Å². The number of carbonyl (C=O) groups excluding carboxylic acids is 1. The van der Waals surface area contributed by atoms with Crippen molar-refractivity contribution in [2.24, 2.45) is 0 Å². The summed E-state index contributed by atoms with van der Waals surface area (Å²) in [6.45, 7) is 1.33. The summed E-state index contributed by atoms with van der Waals surface area (Å²) in [6.07, 6.45) is 3.19. The lowest BCUT2D eigenvalue weighted by molar-refractivity contribution is -0.140. The number of carboxylic acid groups (broad SMARTS) is 1. The van der Waals surface area contributed by atoms with E-state index < -0.39 is 12.0 Å². The predicted octanol–water partition coefficient (Wildman–Crippen LogP) is 2.33. The number of rotatable bonds is 9. The quantitative estimate of drug-likeness (QED) is 0.686. The Morgan fingerprint density at radius 3 is 2.55 bits per heavy atom. The minimum Gasteiger partial charge on any atom is -0.480 e. The van der Waals surface area contributed by atoms with Gasteiger partial charge in [-0.15, -0.1) is 0 Å². The van der Waals surface area contributed by atoms with E-state index in [1.165, 1.54) is 12.5 Å². The maximum Gasteiger partial charge on any atom is 0.327 e. The number of benzene rings is 1. The van der Waals surface area contributed by atoms with Gasteiger partial charge in [-0.2, -0.15) is 11.8 Å². The Labute approximate surface area is 124 Å². The van der Waals surface area contributed by atoms with E-state index in [1.54, 1.807) is 11.8 Å². The van der Waals surface area contributed by atoms with Crippen LogP contribution in [0.15, 0.2) is 30.3 Å². The van der Waals surface area contributed by atoms with Gasteiger partial charge in [0.15, 0.2) is 0 Å². The van der Waals surface area contributed by atoms with Gasteiger partial charge in [0.1, 0.15) is 6.04 Å². The SMILES string of the molecule is CC(=O)N[C@@H](CSCCCCc1ccccc1)C(=O)O. The van der Waals surface area contributed by atoms with Crippen molar-refractivity contribution in [1.29, 1.82) is 0 Å². The summed E-state index contributed by atoms with van der Waals surface area (Å²) in [5.41, 5.74) is 1.33. The van der Waals surface area contributed by atoms with Crippen LogP contribution in [-0.2, 0) is 16.0 Å². The fraction of sp³-hybridized carbons (Fsp3) is 0.467. The number of hydrogen-bond donors (Lipinski definition) is 2. The lowest BCUT2D eigenvalue weighted by Gasteiger charge is -2.12. The van der Waals surface area contributed by atoms with Crippen LogP contribution in [0.3, 0.4) is 0 Å². The van der Waals surface area contributed by atoms with E-state index in [2.05, 4.69) is 17.4 Å². The molecule has 0 spiro atoms. The number of unbranched alkanes of at least 4 members (excludes halogenated alkanes) is 1. The molecule has 1 amide bonds. The average Bonchev–Trinajstić information content (AvgIpc) is 2.41. The lowest BCUT2D eigenvalue weighted by Crippen LogP contribution is -2.41. The summed E-state index contributed by atoms with van der Waals surface area (Å²) >= 11 is 1.57. The summed E-state index contributed by atoms with van der Waals surface area (Å²) in [5.74, 6) is 0.0512. The molecule has 0 aromatic heterocycles. The number of aryl methyl sites for hydroxylation is 1. The molecule has 0 bridgehead atoms. The minimum absolute atomic E-state index is 0.304. The van der Waals surface area contributed by atoms with Crippen molar-refractivity contribution in [2.75, 3.05) is 11.5 Å². The maximum absolute atomic E-state index is 10.9. The van der Waals surface area contributed by atoms with Crippen LogP contribution in [0.4, 0.5) is 0 Å². The first kappa shape index (κ1) is 16.6. The zero-order valence-electron chi connectivity index (χ0n) is 11.7. The number of hydrogen-bond acceptors (Lipinski definition) is 3. The Kier molecular flexibility index (Phi) is 7.80. The molecular formula is C15H21NO3S. The van der Waals surface area contributed by atoms with E-state index in [9.17, 15) is 9.59 Å². The molecule has 20 heavy (non-hydrogen) atoms. The van der Waals surface area contributed by atoms with Gasteiger partial charge in [0.05, 0.1) is 0 Å². The molecule has 5 heteroatoms. The van der Waals surface area contributed by atoms with Gasteiger partial charge in [0.25, 0.3) is 0 Å². The molecule has 0 radical (unpaired) electrons. The Balaban J connectivity index is 2.11. The molecule has 1 aromatic rings. The van der Waals surface area contributed by atoms with Crippen molar-refractivity contribution in [3.8, 4) is 0 Å². The van der Waals surface area contributed by atoms with Gasteiger partial charge in [-0.3, -0.25) is 4.79 Å². The number of thioether (sulfide) groups is 1. The molecule has 2 N–H and O–H groups in total. The fourth-order valence-electron chi connectivity index (χ4n) is 1.80. The molecule has 1 atom stereocenters. The van der Waals surface area contributed by atoms with Crippen molar-refractivity contribution in [2.45, 2.75) is 32.2 Å². The fourth-order valence-corrected chi connectivity index (χ4v) is 2.84. The van der Waals surface area contributed by atoms with Gasteiger partial charge < -0.3 is 10.4 Å². The second kappa shape index (κ2) is 9.42. The maximum atomic E-state index is 10.9.